The van der Waals surface area contributed by atoms with Gasteiger partial charge in [-0.3, -0.25) is 4.21 Å². The van der Waals surface area contributed by atoms with E-state index in [-0.39, 0.29) is 22.6 Å². The quantitative estimate of drug-likeness (QED) is 0.864. The molecule has 0 heterocycles. The highest BCUT2D eigenvalue weighted by Gasteiger charge is 2.15. The second kappa shape index (κ2) is 6.78. The van der Waals surface area contributed by atoms with Crippen molar-refractivity contribution in [2.75, 3.05) is 12.8 Å². The molecular weight excluding hydrogens is 313 g/mol. The molecule has 2 atom stereocenters. The van der Waals surface area contributed by atoms with E-state index < -0.39 is 26.6 Å². The molecule has 108 valence electrons. The number of halogens is 2. The molecule has 0 radical (unpaired) electrons. The molecule has 0 aliphatic rings. The van der Waals surface area contributed by atoms with Gasteiger partial charge in [0.2, 0.25) is 10.0 Å². The Hall–Kier alpha value is -0.500. The van der Waals surface area contributed by atoms with Gasteiger partial charge >= 0.3 is 0 Å². The lowest BCUT2D eigenvalue weighted by atomic mass is 10.2. The number of rotatable bonds is 6. The first-order chi connectivity index (χ1) is 8.71. The fourth-order valence-corrected chi connectivity index (χ4v) is 3.11. The average Bonchev–Trinajstić information content (AvgIpc) is 2.30. The van der Waals surface area contributed by atoms with Crippen molar-refractivity contribution in [1.82, 2.24) is 4.72 Å². The monoisotopic (exact) mass is 327 g/mol. The van der Waals surface area contributed by atoms with Crippen molar-refractivity contribution in [2.24, 2.45) is 0 Å². The largest absolute Gasteiger partial charge is 0.260 e. The molecule has 0 aliphatic carbocycles. The van der Waals surface area contributed by atoms with Gasteiger partial charge in [-0.2, -0.15) is 0 Å². The Balaban J connectivity index is 2.69. The van der Waals surface area contributed by atoms with E-state index >= 15 is 0 Å². The summed E-state index contributed by atoms with van der Waals surface area (Å²) in [7, 11) is -4.65. The molecule has 1 aromatic rings. The van der Waals surface area contributed by atoms with Gasteiger partial charge in [0.1, 0.15) is 5.82 Å². The first kappa shape index (κ1) is 16.6. The fraction of sp³-hybridized carbons (Fsp3) is 0.455. The van der Waals surface area contributed by atoms with E-state index in [1.54, 1.807) is 6.92 Å². The molecule has 0 spiro atoms. The van der Waals surface area contributed by atoms with E-state index in [9.17, 15) is 17.0 Å². The fourth-order valence-electron chi connectivity index (χ4n) is 1.26. The highest BCUT2D eigenvalue weighted by molar-refractivity contribution is 7.88. The van der Waals surface area contributed by atoms with Crippen LogP contribution in [0.25, 0.3) is 0 Å². The number of hydrogen-bond acceptors (Lipinski definition) is 3. The van der Waals surface area contributed by atoms with Crippen molar-refractivity contribution in [3.63, 3.8) is 0 Å². The van der Waals surface area contributed by atoms with Crippen LogP contribution >= 0.6 is 11.6 Å². The Morgan fingerprint density at radius 1 is 1.47 bits per heavy atom. The molecule has 1 N–H and O–H groups in total. The van der Waals surface area contributed by atoms with E-state index in [0.717, 1.165) is 6.07 Å². The summed E-state index contributed by atoms with van der Waals surface area (Å²) >= 11 is 5.58. The van der Waals surface area contributed by atoms with Crippen LogP contribution in [0.2, 0.25) is 5.02 Å². The molecule has 0 fully saturated rings. The lowest BCUT2D eigenvalue weighted by Crippen LogP contribution is -2.33. The molecule has 1 aromatic carbocycles. The molecule has 0 aromatic heterocycles. The molecule has 0 bridgehead atoms. The second-order valence-electron chi connectivity index (χ2n) is 4.17. The van der Waals surface area contributed by atoms with Gasteiger partial charge in [-0.05, 0) is 24.6 Å². The van der Waals surface area contributed by atoms with Crippen LogP contribution in [-0.2, 0) is 26.6 Å². The van der Waals surface area contributed by atoms with Crippen molar-refractivity contribution in [3.05, 3.63) is 34.6 Å². The van der Waals surface area contributed by atoms with Crippen LogP contribution in [0.3, 0.4) is 0 Å². The SMILES string of the molecule is C[C@@H](CNS(=O)(=O)Cc1ccc(F)c(Cl)c1)[S@](C)=O. The molecule has 0 saturated heterocycles. The van der Waals surface area contributed by atoms with Crippen molar-refractivity contribution in [3.8, 4) is 0 Å². The number of benzene rings is 1. The van der Waals surface area contributed by atoms with E-state index in [2.05, 4.69) is 4.72 Å². The molecule has 0 unspecified atom stereocenters. The summed E-state index contributed by atoms with van der Waals surface area (Å²) in [6.45, 7) is 1.79. The smallest absolute Gasteiger partial charge is 0.215 e. The zero-order valence-corrected chi connectivity index (χ0v) is 12.9. The molecule has 8 heteroatoms. The van der Waals surface area contributed by atoms with Crippen LogP contribution < -0.4 is 4.72 Å². The van der Waals surface area contributed by atoms with Crippen LogP contribution in [-0.4, -0.2) is 30.7 Å². The minimum absolute atomic E-state index is 0.0976. The lowest BCUT2D eigenvalue weighted by Gasteiger charge is -2.11. The van der Waals surface area contributed by atoms with Crippen molar-refractivity contribution in [1.29, 1.82) is 0 Å². The molecule has 4 nitrogen and oxygen atoms in total. The summed E-state index contributed by atoms with van der Waals surface area (Å²) in [5, 5.41) is -0.387. The maximum Gasteiger partial charge on any atom is 0.215 e. The summed E-state index contributed by atoms with van der Waals surface area (Å²) in [6, 6.07) is 3.76. The number of hydrogen-bond donors (Lipinski definition) is 1. The normalized spacial score (nSPS) is 15.2. The maximum absolute atomic E-state index is 12.9. The molecule has 19 heavy (non-hydrogen) atoms. The standard InChI is InChI=1S/C11H15ClFNO3S2/c1-8(18(2)15)6-14-19(16,17)7-9-3-4-11(13)10(12)5-9/h3-5,8,14H,6-7H2,1-2H3/t8-,18-/m0/s1. The van der Waals surface area contributed by atoms with Crippen molar-refractivity contribution < 1.29 is 17.0 Å². The Kier molecular flexibility index (Phi) is 5.91. The summed E-state index contributed by atoms with van der Waals surface area (Å²) in [4.78, 5) is 0. The van der Waals surface area contributed by atoms with Crippen LogP contribution in [0.4, 0.5) is 4.39 Å². The van der Waals surface area contributed by atoms with Crippen LogP contribution in [0, 0.1) is 5.82 Å². The summed E-state index contributed by atoms with van der Waals surface area (Å²) in [5.74, 6) is -0.887. The predicted molar refractivity (Wildman–Crippen MR) is 75.6 cm³/mol. The average molecular weight is 328 g/mol. The Morgan fingerprint density at radius 2 is 2.11 bits per heavy atom. The minimum Gasteiger partial charge on any atom is -0.260 e. The van der Waals surface area contributed by atoms with Crippen LogP contribution in [0.1, 0.15) is 12.5 Å². The first-order valence-corrected chi connectivity index (χ1v) is 9.10. The van der Waals surface area contributed by atoms with E-state index in [1.165, 1.54) is 18.4 Å². The van der Waals surface area contributed by atoms with E-state index in [4.69, 9.17) is 11.6 Å². The van der Waals surface area contributed by atoms with Crippen molar-refractivity contribution >= 4 is 32.4 Å². The second-order valence-corrected chi connectivity index (χ2v) is 8.18. The van der Waals surface area contributed by atoms with Gasteiger partial charge in [0.25, 0.3) is 0 Å². The Morgan fingerprint density at radius 3 is 2.63 bits per heavy atom. The molecule has 0 saturated carbocycles. The van der Waals surface area contributed by atoms with Gasteiger partial charge in [0.15, 0.2) is 0 Å². The number of sulfonamides is 1. The number of nitrogens with one attached hydrogen (secondary N) is 1. The first-order valence-electron chi connectivity index (χ1n) is 5.45. The zero-order valence-electron chi connectivity index (χ0n) is 10.5. The maximum atomic E-state index is 12.9. The predicted octanol–water partition coefficient (Wildman–Crippen LogP) is 1.67. The van der Waals surface area contributed by atoms with Gasteiger partial charge in [-0.15, -0.1) is 0 Å². The van der Waals surface area contributed by atoms with Gasteiger partial charge in [-0.25, -0.2) is 17.5 Å². The van der Waals surface area contributed by atoms with Crippen LogP contribution in [0.15, 0.2) is 18.2 Å². The van der Waals surface area contributed by atoms with Crippen molar-refractivity contribution in [2.45, 2.75) is 17.9 Å². The summed E-state index contributed by atoms with van der Waals surface area (Å²) < 4.78 is 50.0. The van der Waals surface area contributed by atoms with Gasteiger partial charge < -0.3 is 0 Å². The molecule has 0 aliphatic heterocycles. The third kappa shape index (κ3) is 5.56. The van der Waals surface area contributed by atoms with E-state index in [1.807, 2.05) is 0 Å². The Labute approximate surface area is 119 Å². The lowest BCUT2D eigenvalue weighted by molar-refractivity contribution is 0.579. The van der Waals surface area contributed by atoms with Gasteiger partial charge in [-0.1, -0.05) is 17.7 Å². The topological polar surface area (TPSA) is 63.2 Å². The summed E-state index contributed by atoms with van der Waals surface area (Å²) in [6.07, 6.45) is 1.51. The third-order valence-corrected chi connectivity index (χ3v) is 5.41. The van der Waals surface area contributed by atoms with Crippen LogP contribution in [0.5, 0.6) is 0 Å². The zero-order chi connectivity index (χ0) is 14.6. The van der Waals surface area contributed by atoms with E-state index in [0.29, 0.717) is 5.56 Å². The highest BCUT2D eigenvalue weighted by atomic mass is 35.5. The third-order valence-electron chi connectivity index (χ3n) is 2.50. The Bertz CT molecular complexity index is 577. The molecular formula is C11H15ClFNO3S2. The molecule has 0 amide bonds. The van der Waals surface area contributed by atoms with Gasteiger partial charge in [0, 0.05) is 28.9 Å². The minimum atomic E-state index is -3.56. The van der Waals surface area contributed by atoms with Gasteiger partial charge in [0.05, 0.1) is 10.8 Å². The molecule has 1 rings (SSSR count). The summed E-state index contributed by atoms with van der Waals surface area (Å²) in [5.41, 5.74) is 0.393. The highest BCUT2D eigenvalue weighted by Crippen LogP contribution is 2.17.